The predicted octanol–water partition coefficient (Wildman–Crippen LogP) is 1.24. The molecule has 4 heteroatoms. The van der Waals surface area contributed by atoms with Gasteiger partial charge in [-0.15, -0.1) is 0 Å². The molecule has 1 amide bonds. The maximum absolute atomic E-state index is 11.3. The second-order valence-electron chi connectivity index (χ2n) is 3.71. The maximum atomic E-state index is 11.3. The highest BCUT2D eigenvalue weighted by Gasteiger charge is 2.03. The lowest BCUT2D eigenvalue weighted by Gasteiger charge is -2.11. The normalized spacial score (nSPS) is 12.9. The summed E-state index contributed by atoms with van der Waals surface area (Å²) in [6, 6.07) is 0.452. The first-order valence-corrected chi connectivity index (χ1v) is 6.38. The van der Waals surface area contributed by atoms with E-state index in [0.29, 0.717) is 17.7 Å². The second-order valence-corrected chi connectivity index (χ2v) is 4.99. The van der Waals surface area contributed by atoms with Gasteiger partial charge in [-0.3, -0.25) is 4.79 Å². The third-order valence-electron chi connectivity index (χ3n) is 1.89. The van der Waals surface area contributed by atoms with Crippen LogP contribution >= 0.6 is 11.8 Å². The number of carbonyl (C=O) groups excluding carboxylic acids is 1. The summed E-state index contributed by atoms with van der Waals surface area (Å²) < 4.78 is 0. The minimum atomic E-state index is 0.138. The Morgan fingerprint density at radius 2 is 2.00 bits per heavy atom. The van der Waals surface area contributed by atoms with E-state index < -0.39 is 0 Å². The van der Waals surface area contributed by atoms with E-state index in [2.05, 4.69) is 37.7 Å². The smallest absolute Gasteiger partial charge is 0.221 e. The Balaban J connectivity index is 3.37. The first-order chi connectivity index (χ1) is 6.56. The van der Waals surface area contributed by atoms with E-state index in [4.69, 9.17) is 0 Å². The minimum Gasteiger partial charge on any atom is -0.355 e. The molecule has 0 aromatic carbocycles. The number of nitrogens with one attached hydrogen (secondary N) is 2. The van der Waals surface area contributed by atoms with Crippen molar-refractivity contribution in [2.45, 2.75) is 38.5 Å². The summed E-state index contributed by atoms with van der Waals surface area (Å²) in [6.07, 6.45) is 2.62. The highest BCUT2D eigenvalue weighted by atomic mass is 32.2. The topological polar surface area (TPSA) is 41.1 Å². The van der Waals surface area contributed by atoms with Crippen LogP contribution in [0.3, 0.4) is 0 Å². The van der Waals surface area contributed by atoms with Crippen molar-refractivity contribution >= 4 is 17.7 Å². The van der Waals surface area contributed by atoms with Gasteiger partial charge in [-0.05, 0) is 6.26 Å². The largest absolute Gasteiger partial charge is 0.355 e. The van der Waals surface area contributed by atoms with E-state index in [1.54, 1.807) is 11.8 Å². The van der Waals surface area contributed by atoms with E-state index in [-0.39, 0.29) is 5.91 Å². The van der Waals surface area contributed by atoms with Crippen LogP contribution in [-0.4, -0.2) is 36.5 Å². The summed E-state index contributed by atoms with van der Waals surface area (Å²) in [5.41, 5.74) is 0. The number of thioether (sulfide) groups is 1. The van der Waals surface area contributed by atoms with Crippen LogP contribution in [0.25, 0.3) is 0 Å². The molecular formula is C10H22N2OS. The zero-order chi connectivity index (χ0) is 11.0. The van der Waals surface area contributed by atoms with Gasteiger partial charge in [-0.1, -0.05) is 20.8 Å². The number of rotatable bonds is 7. The van der Waals surface area contributed by atoms with Gasteiger partial charge in [-0.2, -0.15) is 11.8 Å². The highest BCUT2D eigenvalue weighted by molar-refractivity contribution is 7.99. The fourth-order valence-electron chi connectivity index (χ4n) is 0.904. The molecule has 2 N–H and O–H groups in total. The standard InChI is InChI=1S/C10H22N2OS/c1-8(2)11-6-5-10(13)12-7-9(3)14-4/h8-9,11H,5-7H2,1-4H3,(H,12,13). The fourth-order valence-corrected chi connectivity index (χ4v) is 1.15. The maximum Gasteiger partial charge on any atom is 0.221 e. The van der Waals surface area contributed by atoms with Crippen molar-refractivity contribution in [1.82, 2.24) is 10.6 Å². The first-order valence-electron chi connectivity index (χ1n) is 5.09. The highest BCUT2D eigenvalue weighted by Crippen LogP contribution is 2.02. The Bertz CT molecular complexity index is 162. The molecule has 84 valence electrons. The summed E-state index contributed by atoms with van der Waals surface area (Å²) in [5, 5.41) is 6.62. The van der Waals surface area contributed by atoms with Gasteiger partial charge in [0.1, 0.15) is 0 Å². The summed E-state index contributed by atoms with van der Waals surface area (Å²) in [5.74, 6) is 0.138. The van der Waals surface area contributed by atoms with Gasteiger partial charge in [0, 0.05) is 30.8 Å². The van der Waals surface area contributed by atoms with Gasteiger partial charge in [0.15, 0.2) is 0 Å². The lowest BCUT2D eigenvalue weighted by Crippen LogP contribution is -2.33. The predicted molar refractivity (Wildman–Crippen MR) is 63.7 cm³/mol. The molecule has 0 aliphatic carbocycles. The van der Waals surface area contributed by atoms with Gasteiger partial charge < -0.3 is 10.6 Å². The van der Waals surface area contributed by atoms with Crippen molar-refractivity contribution in [3.05, 3.63) is 0 Å². The molecule has 0 spiro atoms. The van der Waals surface area contributed by atoms with Crippen molar-refractivity contribution in [1.29, 1.82) is 0 Å². The van der Waals surface area contributed by atoms with Crippen molar-refractivity contribution in [3.63, 3.8) is 0 Å². The van der Waals surface area contributed by atoms with E-state index in [0.717, 1.165) is 13.1 Å². The average Bonchev–Trinajstić information content (AvgIpc) is 2.13. The van der Waals surface area contributed by atoms with Crippen molar-refractivity contribution < 1.29 is 4.79 Å². The molecule has 0 saturated heterocycles. The van der Waals surface area contributed by atoms with Gasteiger partial charge >= 0.3 is 0 Å². The molecule has 0 heterocycles. The summed E-state index contributed by atoms with van der Waals surface area (Å²) in [6.45, 7) is 7.79. The molecule has 0 fully saturated rings. The molecule has 0 aromatic heterocycles. The second kappa shape index (κ2) is 8.12. The molecule has 0 aliphatic heterocycles. The van der Waals surface area contributed by atoms with E-state index in [1.807, 2.05) is 0 Å². The van der Waals surface area contributed by atoms with E-state index in [9.17, 15) is 4.79 Å². The molecule has 1 unspecified atom stereocenters. The van der Waals surface area contributed by atoms with Crippen molar-refractivity contribution in [3.8, 4) is 0 Å². The van der Waals surface area contributed by atoms with Gasteiger partial charge in [-0.25, -0.2) is 0 Å². The van der Waals surface area contributed by atoms with Crippen LogP contribution in [0.1, 0.15) is 27.2 Å². The Hall–Kier alpha value is -0.220. The third kappa shape index (κ3) is 8.38. The molecule has 0 aliphatic rings. The summed E-state index contributed by atoms with van der Waals surface area (Å²) in [7, 11) is 0. The van der Waals surface area contributed by atoms with Crippen LogP contribution in [0.4, 0.5) is 0 Å². The zero-order valence-corrected chi connectivity index (χ0v) is 10.4. The van der Waals surface area contributed by atoms with Crippen LogP contribution in [0, 0.1) is 0 Å². The summed E-state index contributed by atoms with van der Waals surface area (Å²) >= 11 is 1.77. The Kier molecular flexibility index (Phi) is 7.99. The number of hydrogen-bond donors (Lipinski definition) is 2. The lowest BCUT2D eigenvalue weighted by atomic mass is 10.3. The minimum absolute atomic E-state index is 0.138. The molecule has 0 radical (unpaired) electrons. The van der Waals surface area contributed by atoms with Gasteiger partial charge in [0.05, 0.1) is 0 Å². The molecule has 3 nitrogen and oxygen atoms in total. The van der Waals surface area contributed by atoms with Crippen LogP contribution in [0.5, 0.6) is 0 Å². The quantitative estimate of drug-likeness (QED) is 0.675. The zero-order valence-electron chi connectivity index (χ0n) is 9.59. The van der Waals surface area contributed by atoms with Crippen molar-refractivity contribution in [2.24, 2.45) is 0 Å². The Morgan fingerprint density at radius 1 is 1.36 bits per heavy atom. The molecule has 0 aromatic rings. The van der Waals surface area contributed by atoms with Crippen LogP contribution in [0.15, 0.2) is 0 Å². The first kappa shape index (κ1) is 13.8. The molecule has 0 rings (SSSR count). The number of amides is 1. The summed E-state index contributed by atoms with van der Waals surface area (Å²) in [4.78, 5) is 11.3. The van der Waals surface area contributed by atoms with Crippen LogP contribution in [-0.2, 0) is 4.79 Å². The molecule has 0 bridgehead atoms. The fraction of sp³-hybridized carbons (Fsp3) is 0.900. The molecular weight excluding hydrogens is 196 g/mol. The lowest BCUT2D eigenvalue weighted by molar-refractivity contribution is -0.120. The van der Waals surface area contributed by atoms with E-state index in [1.165, 1.54) is 0 Å². The molecule has 0 saturated carbocycles. The monoisotopic (exact) mass is 218 g/mol. The van der Waals surface area contributed by atoms with Gasteiger partial charge in [0.25, 0.3) is 0 Å². The Morgan fingerprint density at radius 3 is 2.50 bits per heavy atom. The third-order valence-corrected chi connectivity index (χ3v) is 2.87. The van der Waals surface area contributed by atoms with Crippen LogP contribution in [0.2, 0.25) is 0 Å². The average molecular weight is 218 g/mol. The van der Waals surface area contributed by atoms with E-state index >= 15 is 0 Å². The number of carbonyl (C=O) groups is 1. The van der Waals surface area contributed by atoms with Crippen LogP contribution < -0.4 is 10.6 Å². The van der Waals surface area contributed by atoms with Crippen molar-refractivity contribution in [2.75, 3.05) is 19.3 Å². The van der Waals surface area contributed by atoms with Gasteiger partial charge in [0.2, 0.25) is 5.91 Å². The number of hydrogen-bond acceptors (Lipinski definition) is 3. The molecule has 1 atom stereocenters. The Labute approximate surface area is 91.4 Å². The SMILES string of the molecule is CSC(C)CNC(=O)CCNC(C)C. The molecule has 14 heavy (non-hydrogen) atoms.